The fourth-order valence-electron chi connectivity index (χ4n) is 1.03. The first kappa shape index (κ1) is 11.3. The Bertz CT molecular complexity index is 370. The number of primary amides is 1. The number of nitrogens with one attached hydrogen (secondary N) is 1. The zero-order chi connectivity index (χ0) is 11.4. The summed E-state index contributed by atoms with van der Waals surface area (Å²) in [6.07, 6.45) is 0.721. The van der Waals surface area contributed by atoms with E-state index in [1.807, 2.05) is 6.92 Å². The first-order valence-corrected chi connectivity index (χ1v) is 4.73. The van der Waals surface area contributed by atoms with Crippen molar-refractivity contribution in [2.45, 2.75) is 26.3 Å². The van der Waals surface area contributed by atoms with Crippen molar-refractivity contribution in [1.29, 1.82) is 0 Å². The van der Waals surface area contributed by atoms with Crippen LogP contribution in [-0.2, 0) is 11.2 Å². The van der Waals surface area contributed by atoms with Crippen LogP contribution in [0.25, 0.3) is 0 Å². The van der Waals surface area contributed by atoms with Gasteiger partial charge in [0.15, 0.2) is 5.76 Å². The van der Waals surface area contributed by atoms with Gasteiger partial charge in [-0.15, -0.1) is 0 Å². The Labute approximate surface area is 87.6 Å². The van der Waals surface area contributed by atoms with E-state index in [4.69, 9.17) is 10.2 Å². The van der Waals surface area contributed by atoms with Crippen molar-refractivity contribution in [3.8, 4) is 0 Å². The lowest BCUT2D eigenvalue weighted by Crippen LogP contribution is -2.42. The van der Waals surface area contributed by atoms with Gasteiger partial charge in [0.05, 0.1) is 0 Å². The molecule has 0 saturated heterocycles. The molecule has 0 aliphatic rings. The molecule has 0 aliphatic heterocycles. The van der Waals surface area contributed by atoms with Crippen LogP contribution in [-0.4, -0.2) is 17.9 Å². The maximum absolute atomic E-state index is 11.5. The molecule has 1 heterocycles. The highest BCUT2D eigenvalue weighted by atomic mass is 16.3. The third-order valence-electron chi connectivity index (χ3n) is 2.01. The monoisotopic (exact) mass is 210 g/mol. The fraction of sp³-hybridized carbons (Fsp3) is 0.400. The fourth-order valence-corrected chi connectivity index (χ4v) is 1.03. The molecule has 1 rings (SSSR count). The molecule has 5 nitrogen and oxygen atoms in total. The third-order valence-corrected chi connectivity index (χ3v) is 2.01. The minimum Gasteiger partial charge on any atom is -0.456 e. The first-order chi connectivity index (χ1) is 7.04. The van der Waals surface area contributed by atoms with Crippen molar-refractivity contribution < 1.29 is 14.0 Å². The van der Waals surface area contributed by atoms with Gasteiger partial charge in [-0.2, -0.15) is 0 Å². The van der Waals surface area contributed by atoms with Crippen LogP contribution >= 0.6 is 0 Å². The standard InChI is InChI=1S/C10H14N2O3/c1-3-7-4-5-8(15-7)10(14)12-6(2)9(11)13/h4-6H,3H2,1-2H3,(H2,11,13)(H,12,14)/t6-/m1/s1. The highest BCUT2D eigenvalue weighted by Crippen LogP contribution is 2.08. The lowest BCUT2D eigenvalue weighted by Gasteiger charge is -2.07. The van der Waals surface area contributed by atoms with E-state index in [1.54, 1.807) is 12.1 Å². The van der Waals surface area contributed by atoms with Crippen LogP contribution in [0.3, 0.4) is 0 Å². The second-order valence-electron chi connectivity index (χ2n) is 3.22. The number of hydrogen-bond donors (Lipinski definition) is 2. The van der Waals surface area contributed by atoms with Crippen molar-refractivity contribution in [2.24, 2.45) is 5.73 Å². The smallest absolute Gasteiger partial charge is 0.287 e. The number of nitrogens with two attached hydrogens (primary N) is 1. The highest BCUT2D eigenvalue weighted by molar-refractivity contribution is 5.95. The second-order valence-corrected chi connectivity index (χ2v) is 3.22. The molecule has 3 N–H and O–H groups in total. The Morgan fingerprint density at radius 1 is 1.53 bits per heavy atom. The number of aryl methyl sites for hydroxylation is 1. The van der Waals surface area contributed by atoms with Gasteiger partial charge in [-0.1, -0.05) is 6.92 Å². The Kier molecular flexibility index (Phi) is 3.49. The lowest BCUT2D eigenvalue weighted by atomic mass is 10.3. The maximum Gasteiger partial charge on any atom is 0.287 e. The van der Waals surface area contributed by atoms with Crippen molar-refractivity contribution >= 4 is 11.8 Å². The highest BCUT2D eigenvalue weighted by Gasteiger charge is 2.16. The normalized spacial score (nSPS) is 12.1. The summed E-state index contributed by atoms with van der Waals surface area (Å²) in [6.45, 7) is 3.44. The van der Waals surface area contributed by atoms with E-state index in [0.717, 1.165) is 12.2 Å². The summed E-state index contributed by atoms with van der Waals surface area (Å²) >= 11 is 0. The van der Waals surface area contributed by atoms with E-state index in [9.17, 15) is 9.59 Å². The molecule has 0 saturated carbocycles. The van der Waals surface area contributed by atoms with Crippen molar-refractivity contribution in [3.63, 3.8) is 0 Å². The summed E-state index contributed by atoms with van der Waals surface area (Å²) in [5, 5.41) is 2.43. The zero-order valence-corrected chi connectivity index (χ0v) is 8.74. The molecule has 0 aliphatic carbocycles. The molecular weight excluding hydrogens is 196 g/mol. The molecule has 2 amide bonds. The number of hydrogen-bond acceptors (Lipinski definition) is 3. The number of carbonyl (C=O) groups is 2. The SMILES string of the molecule is CCc1ccc(C(=O)N[C@H](C)C(N)=O)o1. The van der Waals surface area contributed by atoms with Gasteiger partial charge >= 0.3 is 0 Å². The predicted molar refractivity (Wildman–Crippen MR) is 54.2 cm³/mol. The van der Waals surface area contributed by atoms with E-state index in [0.29, 0.717) is 0 Å². The van der Waals surface area contributed by atoms with Crippen molar-refractivity contribution in [2.75, 3.05) is 0 Å². The molecule has 1 aromatic heterocycles. The van der Waals surface area contributed by atoms with Crippen LogP contribution in [0.15, 0.2) is 16.5 Å². The Balaban J connectivity index is 2.65. The summed E-state index contributed by atoms with van der Waals surface area (Å²) in [5.74, 6) is -0.0848. The van der Waals surface area contributed by atoms with Crippen LogP contribution in [0, 0.1) is 0 Å². The Morgan fingerprint density at radius 2 is 2.20 bits per heavy atom. The van der Waals surface area contributed by atoms with Crippen LogP contribution in [0.4, 0.5) is 0 Å². The minimum absolute atomic E-state index is 0.194. The van der Waals surface area contributed by atoms with E-state index >= 15 is 0 Å². The van der Waals surface area contributed by atoms with Crippen LogP contribution < -0.4 is 11.1 Å². The average molecular weight is 210 g/mol. The molecule has 1 atom stereocenters. The van der Waals surface area contributed by atoms with Gasteiger partial charge in [0.25, 0.3) is 5.91 Å². The van der Waals surface area contributed by atoms with E-state index in [2.05, 4.69) is 5.32 Å². The van der Waals surface area contributed by atoms with Crippen LogP contribution in [0.5, 0.6) is 0 Å². The van der Waals surface area contributed by atoms with Gasteiger partial charge in [0.1, 0.15) is 11.8 Å². The molecule has 0 radical (unpaired) electrons. The largest absolute Gasteiger partial charge is 0.456 e. The summed E-state index contributed by atoms with van der Waals surface area (Å²) in [5.41, 5.74) is 5.01. The molecule has 0 aromatic carbocycles. The molecule has 5 heteroatoms. The maximum atomic E-state index is 11.5. The van der Waals surface area contributed by atoms with Gasteiger partial charge in [0, 0.05) is 6.42 Å². The number of carbonyl (C=O) groups excluding carboxylic acids is 2. The minimum atomic E-state index is -0.701. The van der Waals surface area contributed by atoms with Crippen LogP contribution in [0.1, 0.15) is 30.2 Å². The average Bonchev–Trinajstić information content (AvgIpc) is 2.65. The van der Waals surface area contributed by atoms with Crippen LogP contribution in [0.2, 0.25) is 0 Å². The van der Waals surface area contributed by atoms with Crippen molar-refractivity contribution in [3.05, 3.63) is 23.7 Å². The summed E-state index contributed by atoms with van der Waals surface area (Å²) in [6, 6.07) is 2.60. The second kappa shape index (κ2) is 4.63. The Morgan fingerprint density at radius 3 is 2.67 bits per heavy atom. The molecule has 1 aromatic rings. The number of furan rings is 1. The van der Waals surface area contributed by atoms with Gasteiger partial charge in [-0.05, 0) is 19.1 Å². The molecule has 0 bridgehead atoms. The quantitative estimate of drug-likeness (QED) is 0.756. The first-order valence-electron chi connectivity index (χ1n) is 4.73. The summed E-state index contributed by atoms with van der Waals surface area (Å²) in [7, 11) is 0. The van der Waals surface area contributed by atoms with Gasteiger partial charge in [0.2, 0.25) is 5.91 Å². The lowest BCUT2D eigenvalue weighted by molar-refractivity contribution is -0.119. The molecule has 0 spiro atoms. The predicted octanol–water partition coefficient (Wildman–Crippen LogP) is 0.446. The van der Waals surface area contributed by atoms with E-state index in [-0.39, 0.29) is 5.76 Å². The van der Waals surface area contributed by atoms with Crippen molar-refractivity contribution in [1.82, 2.24) is 5.32 Å². The Hall–Kier alpha value is -1.78. The molecule has 82 valence electrons. The zero-order valence-electron chi connectivity index (χ0n) is 8.74. The van der Waals surface area contributed by atoms with Gasteiger partial charge in [-0.25, -0.2) is 0 Å². The van der Waals surface area contributed by atoms with E-state index in [1.165, 1.54) is 6.92 Å². The topological polar surface area (TPSA) is 85.3 Å². The molecule has 0 unspecified atom stereocenters. The molecule has 15 heavy (non-hydrogen) atoms. The van der Waals surface area contributed by atoms with Gasteiger partial charge < -0.3 is 15.5 Å². The van der Waals surface area contributed by atoms with Gasteiger partial charge in [-0.3, -0.25) is 9.59 Å². The molecular formula is C10H14N2O3. The summed E-state index contributed by atoms with van der Waals surface area (Å²) in [4.78, 5) is 22.2. The number of amides is 2. The summed E-state index contributed by atoms with van der Waals surface area (Å²) < 4.78 is 5.21. The third kappa shape index (κ3) is 2.83. The molecule has 0 fully saturated rings. The number of rotatable bonds is 4. The van der Waals surface area contributed by atoms with E-state index < -0.39 is 17.9 Å².